The van der Waals surface area contributed by atoms with Gasteiger partial charge in [0.25, 0.3) is 0 Å². The number of halogens is 2. The Bertz CT molecular complexity index is 333. The lowest BCUT2D eigenvalue weighted by Crippen LogP contribution is -2.35. The number of hydrogen-bond acceptors (Lipinski definition) is 4. The highest BCUT2D eigenvalue weighted by atomic mass is 79.9. The summed E-state index contributed by atoms with van der Waals surface area (Å²) in [5.74, 6) is -0.568. The highest BCUT2D eigenvalue weighted by Gasteiger charge is 2.80. The lowest BCUT2D eigenvalue weighted by molar-refractivity contribution is -0.232. The van der Waals surface area contributed by atoms with Crippen LogP contribution in [0, 0.1) is 0 Å². The van der Waals surface area contributed by atoms with Crippen molar-refractivity contribution in [1.82, 2.24) is 0 Å². The first-order valence-corrected chi connectivity index (χ1v) is 6.84. The van der Waals surface area contributed by atoms with Gasteiger partial charge in [-0.15, -0.1) is 0 Å². The predicted molar refractivity (Wildman–Crippen MR) is 63.6 cm³/mol. The fourth-order valence-electron chi connectivity index (χ4n) is 2.59. The fraction of sp³-hybridized carbons (Fsp3) is 1.00. The van der Waals surface area contributed by atoms with Gasteiger partial charge in [-0.1, -0.05) is 31.9 Å². The summed E-state index contributed by atoms with van der Waals surface area (Å²) < 4.78 is 22.8. The van der Waals surface area contributed by atoms with Crippen LogP contribution in [0.4, 0.5) is 0 Å². The Morgan fingerprint density at radius 2 is 1.81 bits per heavy atom. The Labute approximate surface area is 111 Å². The smallest absolute Gasteiger partial charge is 0.187 e. The van der Waals surface area contributed by atoms with E-state index >= 15 is 0 Å². The van der Waals surface area contributed by atoms with Crippen LogP contribution in [0.3, 0.4) is 0 Å². The first-order valence-electron chi connectivity index (χ1n) is 5.25. The summed E-state index contributed by atoms with van der Waals surface area (Å²) in [5.41, 5.74) is -0.369. The average Bonchev–Trinajstić information content (AvgIpc) is 2.45. The number of alkyl halides is 2. The molecule has 92 valence electrons. The van der Waals surface area contributed by atoms with Gasteiger partial charge in [-0.05, 0) is 13.8 Å². The molecule has 2 unspecified atom stereocenters. The highest BCUT2D eigenvalue weighted by molar-refractivity contribution is 9.25. The van der Waals surface area contributed by atoms with Gasteiger partial charge in [0.05, 0.1) is 0 Å². The molecule has 16 heavy (non-hydrogen) atoms. The number of ether oxygens (including phenoxy) is 4. The fourth-order valence-corrected chi connectivity index (χ4v) is 4.07. The summed E-state index contributed by atoms with van der Waals surface area (Å²) in [6.45, 7) is 3.83. The van der Waals surface area contributed by atoms with Crippen molar-refractivity contribution >= 4 is 31.9 Å². The number of methoxy groups -OCH3 is 1. The lowest BCUT2D eigenvalue weighted by Gasteiger charge is -2.24. The van der Waals surface area contributed by atoms with Gasteiger partial charge in [0.1, 0.15) is 21.0 Å². The lowest BCUT2D eigenvalue weighted by atomic mass is 10.1. The van der Waals surface area contributed by atoms with Gasteiger partial charge in [-0.3, -0.25) is 0 Å². The average molecular weight is 358 g/mol. The highest BCUT2D eigenvalue weighted by Crippen LogP contribution is 2.69. The van der Waals surface area contributed by atoms with Crippen LogP contribution in [0.25, 0.3) is 0 Å². The molecule has 0 aromatic rings. The molecule has 2 saturated heterocycles. The minimum atomic E-state index is -0.568. The molecule has 1 spiro atoms. The standard InChI is InChI=1S/C10H14Br2O4/c1-8(2)14-5-6(15-8)9(4-10(9,11)12)16-7(5)13-3/h5-7H,4H2,1-3H3/t5?,6-,7?,9+/m1/s1. The van der Waals surface area contributed by atoms with E-state index in [1.807, 2.05) is 13.8 Å². The second-order valence-corrected chi connectivity index (χ2v) is 8.79. The molecule has 3 rings (SSSR count). The quantitative estimate of drug-likeness (QED) is 0.674. The number of fused-ring (bicyclic) bond motifs is 2. The van der Waals surface area contributed by atoms with Crippen molar-refractivity contribution in [2.45, 2.75) is 53.4 Å². The molecule has 4 nitrogen and oxygen atoms in total. The van der Waals surface area contributed by atoms with E-state index in [0.29, 0.717) is 0 Å². The summed E-state index contributed by atoms with van der Waals surface area (Å²) in [6.07, 6.45) is 0.243. The monoisotopic (exact) mass is 356 g/mol. The summed E-state index contributed by atoms with van der Waals surface area (Å²) in [4.78, 5) is 0. The molecule has 1 aliphatic carbocycles. The van der Waals surface area contributed by atoms with E-state index < -0.39 is 5.79 Å². The molecule has 0 N–H and O–H groups in total. The van der Waals surface area contributed by atoms with E-state index in [9.17, 15) is 0 Å². The van der Waals surface area contributed by atoms with Gasteiger partial charge < -0.3 is 18.9 Å². The van der Waals surface area contributed by atoms with Crippen LogP contribution in [0.15, 0.2) is 0 Å². The van der Waals surface area contributed by atoms with Crippen molar-refractivity contribution in [1.29, 1.82) is 0 Å². The van der Waals surface area contributed by atoms with Crippen LogP contribution in [0.1, 0.15) is 20.3 Å². The summed E-state index contributed by atoms with van der Waals surface area (Å²) in [5, 5.41) is 0. The van der Waals surface area contributed by atoms with Gasteiger partial charge >= 0.3 is 0 Å². The van der Waals surface area contributed by atoms with E-state index in [4.69, 9.17) is 18.9 Å². The zero-order valence-electron chi connectivity index (χ0n) is 9.33. The normalized spacial score (nSPS) is 51.9. The second kappa shape index (κ2) is 3.22. The van der Waals surface area contributed by atoms with E-state index in [1.54, 1.807) is 7.11 Å². The van der Waals surface area contributed by atoms with Gasteiger partial charge in [0, 0.05) is 13.5 Å². The Hall–Kier alpha value is 0.800. The minimum Gasteiger partial charge on any atom is -0.353 e. The summed E-state index contributed by atoms with van der Waals surface area (Å²) in [6, 6.07) is 0. The molecule has 6 heteroatoms. The van der Waals surface area contributed by atoms with Crippen molar-refractivity contribution in [2.75, 3.05) is 7.11 Å². The third-order valence-electron chi connectivity index (χ3n) is 3.39. The maximum atomic E-state index is 5.93. The Balaban J connectivity index is 1.91. The largest absolute Gasteiger partial charge is 0.353 e. The van der Waals surface area contributed by atoms with Crippen molar-refractivity contribution < 1.29 is 18.9 Å². The van der Waals surface area contributed by atoms with Crippen LogP contribution in [0.2, 0.25) is 0 Å². The van der Waals surface area contributed by atoms with E-state index in [2.05, 4.69) is 31.9 Å². The molecule has 3 aliphatic rings. The molecule has 2 aliphatic heterocycles. The van der Waals surface area contributed by atoms with Crippen molar-refractivity contribution in [3.05, 3.63) is 0 Å². The molecular weight excluding hydrogens is 344 g/mol. The molecule has 4 atom stereocenters. The molecule has 0 radical (unpaired) electrons. The maximum Gasteiger partial charge on any atom is 0.187 e. The first-order chi connectivity index (χ1) is 7.31. The van der Waals surface area contributed by atoms with Crippen molar-refractivity contribution in [2.24, 2.45) is 0 Å². The van der Waals surface area contributed by atoms with Crippen LogP contribution in [0.5, 0.6) is 0 Å². The SMILES string of the molecule is COC1O[C@@]2(CC2(Br)Br)[C@@H]2OC(C)(C)OC12. The minimum absolute atomic E-state index is 0.0915. The molecule has 0 aromatic carbocycles. The Morgan fingerprint density at radius 3 is 2.31 bits per heavy atom. The van der Waals surface area contributed by atoms with E-state index in [1.165, 1.54) is 0 Å². The van der Waals surface area contributed by atoms with Crippen LogP contribution >= 0.6 is 31.9 Å². The molecule has 1 saturated carbocycles. The molecule has 0 aromatic heterocycles. The van der Waals surface area contributed by atoms with Crippen LogP contribution in [-0.2, 0) is 18.9 Å². The maximum absolute atomic E-state index is 5.93. The van der Waals surface area contributed by atoms with E-state index in [0.717, 1.165) is 6.42 Å². The van der Waals surface area contributed by atoms with Gasteiger partial charge in [0.15, 0.2) is 12.1 Å². The zero-order valence-corrected chi connectivity index (χ0v) is 12.5. The first kappa shape index (κ1) is 11.9. The summed E-state index contributed by atoms with van der Waals surface area (Å²) >= 11 is 7.20. The van der Waals surface area contributed by atoms with Crippen molar-refractivity contribution in [3.63, 3.8) is 0 Å². The predicted octanol–water partition coefficient (Wildman–Crippen LogP) is 2.14. The number of rotatable bonds is 1. The van der Waals surface area contributed by atoms with Gasteiger partial charge in [-0.2, -0.15) is 0 Å². The third-order valence-corrected chi connectivity index (χ3v) is 5.30. The van der Waals surface area contributed by atoms with Crippen LogP contribution < -0.4 is 0 Å². The molecule has 2 heterocycles. The topological polar surface area (TPSA) is 36.9 Å². The number of hydrogen-bond donors (Lipinski definition) is 0. The summed E-state index contributed by atoms with van der Waals surface area (Å²) in [7, 11) is 1.63. The molecule has 0 amide bonds. The van der Waals surface area contributed by atoms with Gasteiger partial charge in [0.2, 0.25) is 0 Å². The van der Waals surface area contributed by atoms with Gasteiger partial charge in [-0.25, -0.2) is 0 Å². The Morgan fingerprint density at radius 1 is 1.19 bits per heavy atom. The third kappa shape index (κ3) is 1.40. The zero-order chi connectivity index (χ0) is 11.8. The van der Waals surface area contributed by atoms with Crippen molar-refractivity contribution in [3.8, 4) is 0 Å². The Kier molecular flexibility index (Phi) is 2.39. The van der Waals surface area contributed by atoms with Crippen LogP contribution in [-0.4, -0.2) is 40.2 Å². The second-order valence-electron chi connectivity index (χ2n) is 5.01. The molecular formula is C10H14Br2O4. The molecule has 3 fully saturated rings. The van der Waals surface area contributed by atoms with E-state index in [-0.39, 0.29) is 27.3 Å². The molecule has 0 bridgehead atoms.